The third-order valence-electron chi connectivity index (χ3n) is 12.4. The number of fused-ring (bicyclic) bond motifs is 1. The average molecular weight is 1080 g/mol. The third-order valence-corrected chi connectivity index (χ3v) is 12.4. The molecular formula is C34H60Ac2O10. The summed E-state index contributed by atoms with van der Waals surface area (Å²) in [5, 5.41) is 32.2. The molecule has 0 aromatic carbocycles. The minimum atomic E-state index is -0.950. The summed E-state index contributed by atoms with van der Waals surface area (Å²) in [4.78, 5) is 0. The van der Waals surface area contributed by atoms with Crippen LogP contribution in [-0.2, 0) is 33.2 Å². The second-order valence-corrected chi connectivity index (χ2v) is 15.1. The van der Waals surface area contributed by atoms with Crippen molar-refractivity contribution in [2.45, 2.75) is 162 Å². The van der Waals surface area contributed by atoms with E-state index < -0.39 is 54.6 Å². The van der Waals surface area contributed by atoms with Crippen molar-refractivity contribution in [1.29, 1.82) is 0 Å². The first-order chi connectivity index (χ1) is 20.7. The van der Waals surface area contributed by atoms with Gasteiger partial charge in [-0.25, -0.2) is 0 Å². The minimum absolute atomic E-state index is 0. The molecule has 4 aliphatic heterocycles. The van der Waals surface area contributed by atoms with Gasteiger partial charge < -0.3 is 48.5 Å². The molecule has 5 aliphatic rings. The molecule has 3 N–H and O–H groups in total. The van der Waals surface area contributed by atoms with E-state index in [9.17, 15) is 15.3 Å². The van der Waals surface area contributed by atoms with Crippen LogP contribution in [0.4, 0.5) is 0 Å². The predicted molar refractivity (Wildman–Crippen MR) is 162 cm³/mol. The van der Waals surface area contributed by atoms with Gasteiger partial charge in [0.05, 0.1) is 54.9 Å². The van der Waals surface area contributed by atoms with Gasteiger partial charge in [-0.05, 0) is 51.9 Å². The number of hydrogen-bond donors (Lipinski definition) is 3. The van der Waals surface area contributed by atoms with E-state index in [4.69, 9.17) is 33.2 Å². The number of hydrogen-bond acceptors (Lipinski definition) is 10. The molecule has 10 nitrogen and oxygen atoms in total. The number of aliphatic hydroxyl groups is 3. The van der Waals surface area contributed by atoms with Crippen molar-refractivity contribution in [3.05, 3.63) is 0 Å². The molecule has 0 aromatic rings. The van der Waals surface area contributed by atoms with Gasteiger partial charge >= 0.3 is 0 Å². The second-order valence-electron chi connectivity index (χ2n) is 15.1. The van der Waals surface area contributed by atoms with E-state index >= 15 is 0 Å². The molecular weight excluding hydrogens is 1020 g/mol. The zero-order valence-electron chi connectivity index (χ0n) is 29.8. The molecule has 0 spiro atoms. The van der Waals surface area contributed by atoms with Crippen LogP contribution in [0.3, 0.4) is 0 Å². The molecule has 21 atom stereocenters. The molecule has 46 heavy (non-hydrogen) atoms. The first kappa shape index (κ1) is 42.9. The summed E-state index contributed by atoms with van der Waals surface area (Å²) in [7, 11) is 0. The molecule has 0 aromatic heterocycles. The van der Waals surface area contributed by atoms with Gasteiger partial charge in [-0.3, -0.25) is 0 Å². The summed E-state index contributed by atoms with van der Waals surface area (Å²) < 4.78 is 45.0. The second kappa shape index (κ2) is 17.1. The van der Waals surface area contributed by atoms with Gasteiger partial charge in [-0.15, -0.1) is 0 Å². The third kappa shape index (κ3) is 8.02. The van der Waals surface area contributed by atoms with Crippen molar-refractivity contribution in [1.82, 2.24) is 0 Å². The molecule has 4 saturated heterocycles. The minimum Gasteiger partial charge on any atom is -0.394 e. The Labute approximate surface area is 348 Å². The van der Waals surface area contributed by atoms with E-state index in [0.717, 1.165) is 6.42 Å². The molecule has 0 amide bonds. The maximum Gasteiger partial charge on any atom is 0.164 e. The quantitative estimate of drug-likeness (QED) is 0.332. The van der Waals surface area contributed by atoms with Crippen LogP contribution < -0.4 is 0 Å². The molecule has 5 fully saturated rings. The van der Waals surface area contributed by atoms with Crippen LogP contribution in [0.25, 0.3) is 0 Å². The van der Waals surface area contributed by atoms with E-state index in [2.05, 4.69) is 48.5 Å². The SMILES string of the molecule is CCC1O[C@H](C)C(C)C(C)[C@@H]1O[C@H]1OC(C)[C@@H]2[C@@H](C1C)C2(C)O[C@@H]1OC(CO)[C@H](O[C@H]2OC(C)[C@@H](O)C(C)C2C)[C@H](O)C1C.[Ac].[Ac]. The van der Waals surface area contributed by atoms with Crippen molar-refractivity contribution >= 4 is 0 Å². The summed E-state index contributed by atoms with van der Waals surface area (Å²) in [6, 6.07) is 0. The van der Waals surface area contributed by atoms with Gasteiger partial charge in [-0.1, -0.05) is 48.5 Å². The van der Waals surface area contributed by atoms with Crippen LogP contribution in [0.5, 0.6) is 0 Å². The van der Waals surface area contributed by atoms with Crippen LogP contribution >= 0.6 is 0 Å². The van der Waals surface area contributed by atoms with Crippen LogP contribution in [-0.4, -0.2) is 101 Å². The predicted octanol–water partition coefficient (Wildman–Crippen LogP) is 3.72. The summed E-state index contributed by atoms with van der Waals surface area (Å²) in [5.74, 6) is 0.579. The Balaban J connectivity index is 0.00000288. The monoisotopic (exact) mass is 1080 g/mol. The number of aliphatic hydroxyl groups excluding tert-OH is 3. The molecule has 0 bridgehead atoms. The largest absolute Gasteiger partial charge is 0.394 e. The normalized spacial score (nSPS) is 55.4. The number of rotatable bonds is 8. The Morgan fingerprint density at radius 3 is 1.76 bits per heavy atom. The number of ether oxygens (including phenoxy) is 7. The van der Waals surface area contributed by atoms with Crippen molar-refractivity contribution < 1.29 is 137 Å². The Bertz CT molecular complexity index is 976. The van der Waals surface area contributed by atoms with Gasteiger partial charge in [0.15, 0.2) is 18.9 Å². The smallest absolute Gasteiger partial charge is 0.164 e. The Kier molecular flexibility index (Phi) is 15.9. The van der Waals surface area contributed by atoms with E-state index in [-0.39, 0.29) is 155 Å². The fraction of sp³-hybridized carbons (Fsp3) is 1.00. The fourth-order valence-electron chi connectivity index (χ4n) is 8.77. The van der Waals surface area contributed by atoms with Gasteiger partial charge in [0, 0.05) is 118 Å². The van der Waals surface area contributed by atoms with Gasteiger partial charge in [0.2, 0.25) is 0 Å². The van der Waals surface area contributed by atoms with Gasteiger partial charge in [0.25, 0.3) is 0 Å². The van der Waals surface area contributed by atoms with Crippen molar-refractivity contribution in [3.8, 4) is 0 Å². The first-order valence-electron chi connectivity index (χ1n) is 17.2. The zero-order chi connectivity index (χ0) is 32.4. The summed E-state index contributed by atoms with van der Waals surface area (Å²) in [5.41, 5.74) is -0.536. The molecule has 262 valence electrons. The molecule has 1 aliphatic carbocycles. The van der Waals surface area contributed by atoms with Crippen LogP contribution in [0.15, 0.2) is 0 Å². The van der Waals surface area contributed by atoms with E-state index in [1.807, 2.05) is 27.7 Å². The molecule has 4 heterocycles. The van der Waals surface area contributed by atoms with E-state index in [1.54, 1.807) is 0 Å². The van der Waals surface area contributed by atoms with E-state index in [1.165, 1.54) is 0 Å². The molecule has 2 radical (unpaired) electrons. The average Bonchev–Trinajstić information content (AvgIpc) is 3.62. The topological polar surface area (TPSA) is 125 Å². The zero-order valence-corrected chi connectivity index (χ0v) is 39.3. The first-order valence-corrected chi connectivity index (χ1v) is 17.2. The summed E-state index contributed by atoms with van der Waals surface area (Å²) >= 11 is 0. The van der Waals surface area contributed by atoms with Gasteiger partial charge in [-0.2, -0.15) is 0 Å². The van der Waals surface area contributed by atoms with Crippen molar-refractivity contribution in [3.63, 3.8) is 0 Å². The molecule has 1 saturated carbocycles. The standard InChI is InChI=1S/C34H60O10.2Ac/c1-12-23-29(16(4)14(2)20(8)38-23)42-32-18(6)25-26(21(9)39-32)34(25,11)44-33-19(7)28(37)30(24(13-35)41-33)43-31-17(5)15(3)27(36)22(10)40-31;;/h14-33,35-37H,12-13H2,1-11H3;;/t14?,15?,16?,17?,18?,19?,20-,21?,22?,23?,24?,25-,26-,27+,28-,29+,30+,31-,32-,33+,34?;;/m1../s1. The summed E-state index contributed by atoms with van der Waals surface area (Å²) in [6.45, 7) is 22.5. The Morgan fingerprint density at radius 1 is 0.565 bits per heavy atom. The van der Waals surface area contributed by atoms with Crippen LogP contribution in [0.1, 0.15) is 82.6 Å². The van der Waals surface area contributed by atoms with Crippen LogP contribution in [0.2, 0.25) is 0 Å². The fourth-order valence-corrected chi connectivity index (χ4v) is 8.77. The maximum atomic E-state index is 11.5. The molecule has 12 heteroatoms. The van der Waals surface area contributed by atoms with Crippen LogP contribution in [0, 0.1) is 135 Å². The van der Waals surface area contributed by atoms with Crippen molar-refractivity contribution in [2.75, 3.05) is 6.61 Å². The maximum absolute atomic E-state index is 11.5. The Hall–Kier alpha value is 2.48. The molecule has 11 unspecified atom stereocenters. The van der Waals surface area contributed by atoms with Gasteiger partial charge in [0.1, 0.15) is 12.2 Å². The molecule has 5 rings (SSSR count). The summed E-state index contributed by atoms with van der Waals surface area (Å²) in [6.07, 6.45) is -4.31. The van der Waals surface area contributed by atoms with Crippen molar-refractivity contribution in [2.24, 2.45) is 47.3 Å². The Morgan fingerprint density at radius 2 is 1.15 bits per heavy atom. The van der Waals surface area contributed by atoms with E-state index in [0.29, 0.717) is 11.8 Å².